The lowest BCUT2D eigenvalue weighted by Gasteiger charge is -2.37. The maximum absolute atomic E-state index is 13.6. The predicted octanol–water partition coefficient (Wildman–Crippen LogP) is 2.01. The number of halogens is 2. The number of nitrogens with one attached hydrogen (secondary N) is 1. The van der Waals surface area contributed by atoms with Crippen LogP contribution in [0, 0.1) is 16.5 Å². The van der Waals surface area contributed by atoms with E-state index in [9.17, 15) is 18.5 Å². The van der Waals surface area contributed by atoms with E-state index in [-0.39, 0.29) is 24.5 Å². The van der Waals surface area contributed by atoms with Crippen molar-refractivity contribution in [2.45, 2.75) is 6.04 Å². The van der Waals surface area contributed by atoms with Crippen molar-refractivity contribution in [3.05, 3.63) is 28.7 Å². The number of carboxylic acid groups (broad SMARTS) is 1. The van der Waals surface area contributed by atoms with Crippen molar-refractivity contribution >= 4 is 17.5 Å². The minimum Gasteiger partial charge on any atom is -0.465 e. The van der Waals surface area contributed by atoms with E-state index in [4.69, 9.17) is 5.11 Å². The first-order valence-corrected chi connectivity index (χ1v) is 5.07. The summed E-state index contributed by atoms with van der Waals surface area (Å²) in [4.78, 5) is 21.9. The number of anilines is 2. The van der Waals surface area contributed by atoms with Crippen molar-refractivity contribution in [2.24, 2.45) is 5.18 Å². The van der Waals surface area contributed by atoms with E-state index in [1.165, 1.54) is 4.90 Å². The van der Waals surface area contributed by atoms with E-state index in [1.807, 2.05) is 5.32 Å². The van der Waals surface area contributed by atoms with Gasteiger partial charge < -0.3 is 10.0 Å². The second-order valence-electron chi connectivity index (χ2n) is 3.88. The van der Waals surface area contributed by atoms with Gasteiger partial charge in [0.25, 0.3) is 0 Å². The van der Waals surface area contributed by atoms with Crippen LogP contribution in [0.1, 0.15) is 0 Å². The van der Waals surface area contributed by atoms with Crippen molar-refractivity contribution in [1.29, 1.82) is 0 Å². The van der Waals surface area contributed by atoms with Crippen LogP contribution in [0.4, 0.5) is 25.0 Å². The lowest BCUT2D eigenvalue weighted by molar-refractivity contribution is 0.209. The van der Waals surface area contributed by atoms with Crippen LogP contribution < -0.4 is 10.2 Å². The highest BCUT2D eigenvalue weighted by Gasteiger charge is 2.31. The third kappa shape index (κ3) is 2.22. The van der Waals surface area contributed by atoms with Gasteiger partial charge in [0.05, 0.1) is 0 Å². The third-order valence-electron chi connectivity index (χ3n) is 2.60. The summed E-state index contributed by atoms with van der Waals surface area (Å²) in [5.74, 6) is -1.77. The van der Waals surface area contributed by atoms with Gasteiger partial charge in [-0.3, -0.25) is 5.32 Å². The summed E-state index contributed by atoms with van der Waals surface area (Å²) in [6, 6.07) is 1.31. The molecule has 2 N–H and O–H groups in total. The molecule has 1 heterocycles. The molecule has 0 saturated carbocycles. The fraction of sp³-hybridized carbons (Fsp3) is 0.300. The number of benzene rings is 1. The zero-order valence-corrected chi connectivity index (χ0v) is 9.06. The van der Waals surface area contributed by atoms with Gasteiger partial charge in [-0.25, -0.2) is 13.6 Å². The van der Waals surface area contributed by atoms with E-state index in [2.05, 4.69) is 5.18 Å². The van der Waals surface area contributed by atoms with Gasteiger partial charge in [0.15, 0.2) is 11.6 Å². The summed E-state index contributed by atoms with van der Waals surface area (Å²) < 4.78 is 27.3. The highest BCUT2D eigenvalue weighted by molar-refractivity contribution is 5.83. The molecule has 0 atom stereocenters. The molecule has 1 aliphatic rings. The Labute approximate surface area is 100 Å². The molecule has 0 unspecified atom stereocenters. The van der Waals surface area contributed by atoms with Crippen molar-refractivity contribution in [1.82, 2.24) is 0 Å². The molecule has 2 rings (SSSR count). The number of carbonyl (C=O) groups is 1. The molecule has 1 aliphatic heterocycles. The van der Waals surface area contributed by atoms with Crippen LogP contribution in [0.5, 0.6) is 0 Å². The van der Waals surface area contributed by atoms with E-state index in [1.54, 1.807) is 0 Å². The van der Waals surface area contributed by atoms with Crippen LogP contribution in [-0.4, -0.2) is 30.3 Å². The van der Waals surface area contributed by atoms with Crippen molar-refractivity contribution in [3.63, 3.8) is 0 Å². The van der Waals surface area contributed by atoms with Gasteiger partial charge in [0.2, 0.25) is 0 Å². The molecule has 8 heteroatoms. The molecule has 0 aromatic heterocycles. The van der Waals surface area contributed by atoms with Gasteiger partial charge in [-0.15, -0.1) is 0 Å². The minimum atomic E-state index is -1.41. The van der Waals surface area contributed by atoms with Gasteiger partial charge in [-0.05, 0) is 12.1 Å². The van der Waals surface area contributed by atoms with Crippen LogP contribution >= 0.6 is 0 Å². The summed E-state index contributed by atoms with van der Waals surface area (Å²) in [5.41, 5.74) is -0.460. The molecule has 1 amide bonds. The molecule has 0 radical (unpaired) electrons. The van der Waals surface area contributed by atoms with Crippen LogP contribution in [0.3, 0.4) is 0 Å². The van der Waals surface area contributed by atoms with Gasteiger partial charge in [-0.1, -0.05) is 5.18 Å². The largest absolute Gasteiger partial charge is 0.465 e. The fourth-order valence-corrected chi connectivity index (χ4v) is 1.77. The highest BCUT2D eigenvalue weighted by Crippen LogP contribution is 2.30. The molecule has 1 aromatic rings. The normalized spacial score (nSPS) is 15.1. The van der Waals surface area contributed by atoms with E-state index >= 15 is 0 Å². The van der Waals surface area contributed by atoms with Gasteiger partial charge in [0, 0.05) is 18.8 Å². The number of hydrogen-bond acceptors (Lipinski definition) is 4. The van der Waals surface area contributed by atoms with Crippen molar-refractivity contribution < 1.29 is 18.7 Å². The lowest BCUT2D eigenvalue weighted by Crippen LogP contribution is -2.50. The minimum absolute atomic E-state index is 0.156. The molecule has 1 aromatic carbocycles. The lowest BCUT2D eigenvalue weighted by atomic mass is 10.1. The van der Waals surface area contributed by atoms with Gasteiger partial charge in [-0.2, -0.15) is 4.91 Å². The smallest absolute Gasteiger partial charge is 0.409 e. The molecule has 1 fully saturated rings. The second kappa shape index (κ2) is 4.55. The van der Waals surface area contributed by atoms with Crippen LogP contribution in [0.25, 0.3) is 0 Å². The maximum Gasteiger partial charge on any atom is 0.409 e. The SMILES string of the molecule is O=NC1CN(c2c(F)cc(NC(=O)O)cc2F)C1. The van der Waals surface area contributed by atoms with E-state index in [0.717, 1.165) is 12.1 Å². The first kappa shape index (κ1) is 12.2. The van der Waals surface area contributed by atoms with Crippen LogP contribution in [-0.2, 0) is 0 Å². The molecule has 1 saturated heterocycles. The molecule has 0 aliphatic carbocycles. The number of nitroso groups, excluding NO2 is 1. The van der Waals surface area contributed by atoms with Crippen LogP contribution in [0.15, 0.2) is 17.3 Å². The average molecular weight is 257 g/mol. The Morgan fingerprint density at radius 1 is 1.39 bits per heavy atom. The summed E-state index contributed by atoms with van der Waals surface area (Å²) in [5, 5.41) is 13.1. The van der Waals surface area contributed by atoms with E-state index in [0.29, 0.717) is 0 Å². The molecule has 18 heavy (non-hydrogen) atoms. The Hall–Kier alpha value is -2.25. The molecule has 6 nitrogen and oxygen atoms in total. The molecular formula is C10H9F2N3O3. The molecule has 96 valence electrons. The number of hydrogen-bond donors (Lipinski definition) is 2. The molecule has 0 bridgehead atoms. The monoisotopic (exact) mass is 257 g/mol. The van der Waals surface area contributed by atoms with Gasteiger partial charge in [0.1, 0.15) is 11.7 Å². The number of amides is 1. The zero-order chi connectivity index (χ0) is 13.3. The summed E-state index contributed by atoms with van der Waals surface area (Å²) in [6.07, 6.45) is -1.41. The molecule has 0 spiro atoms. The Balaban J connectivity index is 2.22. The fourth-order valence-electron chi connectivity index (χ4n) is 1.77. The van der Waals surface area contributed by atoms with E-state index < -0.39 is 23.8 Å². The number of rotatable bonds is 3. The van der Waals surface area contributed by atoms with Gasteiger partial charge >= 0.3 is 6.09 Å². The quantitative estimate of drug-likeness (QED) is 0.811. The number of nitrogens with zero attached hydrogens (tertiary/aromatic N) is 2. The average Bonchev–Trinajstić information content (AvgIpc) is 2.19. The zero-order valence-electron chi connectivity index (χ0n) is 9.06. The second-order valence-corrected chi connectivity index (χ2v) is 3.88. The maximum atomic E-state index is 13.6. The Bertz CT molecular complexity index is 480. The Kier molecular flexibility index (Phi) is 3.09. The molecular weight excluding hydrogens is 248 g/mol. The third-order valence-corrected chi connectivity index (χ3v) is 2.60. The Morgan fingerprint density at radius 2 is 1.94 bits per heavy atom. The Morgan fingerprint density at radius 3 is 2.39 bits per heavy atom. The van der Waals surface area contributed by atoms with Crippen LogP contribution in [0.2, 0.25) is 0 Å². The van der Waals surface area contributed by atoms with Crippen molar-refractivity contribution in [3.8, 4) is 0 Å². The summed E-state index contributed by atoms with van der Waals surface area (Å²) >= 11 is 0. The first-order chi connectivity index (χ1) is 8.51. The highest BCUT2D eigenvalue weighted by atomic mass is 19.1. The van der Waals surface area contributed by atoms with Crippen molar-refractivity contribution in [2.75, 3.05) is 23.3 Å². The first-order valence-electron chi connectivity index (χ1n) is 5.07. The topological polar surface area (TPSA) is 82.0 Å². The summed E-state index contributed by atoms with van der Waals surface area (Å²) in [6.45, 7) is 0.312. The standard InChI is InChI=1S/C10H9F2N3O3/c11-7-1-5(13-10(16)17)2-8(12)9(7)15-3-6(4-15)14-18/h1-2,6,13H,3-4H2,(H,16,17). The predicted molar refractivity (Wildman–Crippen MR) is 59.8 cm³/mol. The summed E-state index contributed by atoms with van der Waals surface area (Å²) in [7, 11) is 0.